The zero-order chi connectivity index (χ0) is 27.1. The van der Waals surface area contributed by atoms with Gasteiger partial charge in [0.05, 0.1) is 24.8 Å². The van der Waals surface area contributed by atoms with Gasteiger partial charge in [0.2, 0.25) is 0 Å². The predicted molar refractivity (Wildman–Crippen MR) is 122 cm³/mol. The highest BCUT2D eigenvalue weighted by Gasteiger charge is 2.55. The highest BCUT2D eigenvalue weighted by atomic mass is 16.7. The first-order valence-corrected chi connectivity index (χ1v) is 12.1. The normalized spacial score (nSPS) is 53.2. The van der Waals surface area contributed by atoms with Gasteiger partial charge in [0.15, 0.2) is 12.6 Å². The molecule has 36 heavy (non-hydrogen) atoms. The number of likely N-dealkylation sites (N-methyl/N-ethyl adjacent to an activating group) is 1. The van der Waals surface area contributed by atoms with Crippen molar-refractivity contribution in [3.63, 3.8) is 0 Å². The first-order valence-electron chi connectivity index (χ1n) is 12.1. The van der Waals surface area contributed by atoms with E-state index in [0.29, 0.717) is 0 Å². The van der Waals surface area contributed by atoms with E-state index in [4.69, 9.17) is 36.1 Å². The average Bonchev–Trinajstić information content (AvgIpc) is 2.80. The number of hydrogen-bond donors (Lipinski definition) is 11. The molecule has 3 aliphatic rings. The second-order valence-electron chi connectivity index (χ2n) is 10.2. The number of ether oxygens (including phenoxy) is 4. The first-order chi connectivity index (χ1) is 16.8. The SMILES string of the molecule is CN[C@@H]1[C@@H](O)[C@@H](O[C@@H]2[C@@H](O)[C@H](O[C@H]3O[C@H]([C@@H](C)O)[C@@H](O)[C@H](O)[C@H]3N)[C@@H](N)C[C@H]2N)O[C@@H](CO)[C@]1(C)O. The molecule has 0 aromatic carbocycles. The van der Waals surface area contributed by atoms with Gasteiger partial charge in [-0.05, 0) is 27.3 Å². The summed E-state index contributed by atoms with van der Waals surface area (Å²) < 4.78 is 22.9. The Morgan fingerprint density at radius 1 is 0.944 bits per heavy atom. The average molecular weight is 527 g/mol. The van der Waals surface area contributed by atoms with Crippen LogP contribution in [0.2, 0.25) is 0 Å². The third-order valence-corrected chi connectivity index (χ3v) is 7.48. The number of rotatable bonds is 7. The maximum absolute atomic E-state index is 11.1. The van der Waals surface area contributed by atoms with Gasteiger partial charge < -0.3 is 77.2 Å². The van der Waals surface area contributed by atoms with E-state index in [1.54, 1.807) is 0 Å². The van der Waals surface area contributed by atoms with Crippen molar-refractivity contribution in [1.82, 2.24) is 5.32 Å². The van der Waals surface area contributed by atoms with E-state index >= 15 is 0 Å². The topological polar surface area (TPSA) is 269 Å². The molecule has 212 valence electrons. The number of nitrogens with one attached hydrogen (secondary N) is 1. The number of hydrogen-bond acceptors (Lipinski definition) is 15. The molecule has 15 heteroatoms. The second kappa shape index (κ2) is 11.6. The lowest BCUT2D eigenvalue weighted by molar-refractivity contribution is -0.334. The van der Waals surface area contributed by atoms with Gasteiger partial charge in [0, 0.05) is 12.1 Å². The Bertz CT molecular complexity index is 721. The van der Waals surface area contributed by atoms with Crippen molar-refractivity contribution in [2.75, 3.05) is 13.7 Å². The molecule has 1 aliphatic carbocycles. The van der Waals surface area contributed by atoms with E-state index in [1.807, 2.05) is 0 Å². The van der Waals surface area contributed by atoms with Gasteiger partial charge >= 0.3 is 0 Å². The van der Waals surface area contributed by atoms with E-state index in [-0.39, 0.29) is 6.42 Å². The lowest BCUT2D eigenvalue weighted by Gasteiger charge is -2.51. The third-order valence-electron chi connectivity index (χ3n) is 7.48. The molecule has 0 unspecified atom stereocenters. The molecule has 14 N–H and O–H groups in total. The zero-order valence-corrected chi connectivity index (χ0v) is 20.6. The minimum absolute atomic E-state index is 0.110. The Hall–Kier alpha value is -0.600. The van der Waals surface area contributed by atoms with Gasteiger partial charge in [-0.2, -0.15) is 0 Å². The van der Waals surface area contributed by atoms with Crippen LogP contribution >= 0.6 is 0 Å². The highest BCUT2D eigenvalue weighted by molar-refractivity contribution is 5.05. The third kappa shape index (κ3) is 5.56. The van der Waals surface area contributed by atoms with E-state index in [2.05, 4.69) is 5.32 Å². The highest BCUT2D eigenvalue weighted by Crippen LogP contribution is 2.34. The fraction of sp³-hybridized carbons (Fsp3) is 1.00. The largest absolute Gasteiger partial charge is 0.394 e. The van der Waals surface area contributed by atoms with Crippen molar-refractivity contribution in [2.45, 2.75) is 118 Å². The van der Waals surface area contributed by atoms with Gasteiger partial charge in [-0.15, -0.1) is 0 Å². The molecular formula is C21H42N4O11. The lowest BCUT2D eigenvalue weighted by Crippen LogP contribution is -2.72. The molecule has 0 bridgehead atoms. The summed E-state index contributed by atoms with van der Waals surface area (Å²) in [6.07, 6.45) is -14.3. The fourth-order valence-electron chi connectivity index (χ4n) is 5.27. The molecule has 0 aromatic rings. The second-order valence-corrected chi connectivity index (χ2v) is 10.2. The van der Waals surface area contributed by atoms with Crippen LogP contribution in [0.15, 0.2) is 0 Å². The van der Waals surface area contributed by atoms with Gasteiger partial charge in [0.25, 0.3) is 0 Å². The Labute approximate surface area is 209 Å². The molecule has 3 rings (SSSR count). The van der Waals surface area contributed by atoms with Crippen molar-refractivity contribution < 1.29 is 54.7 Å². The zero-order valence-electron chi connectivity index (χ0n) is 20.6. The van der Waals surface area contributed by atoms with Crippen LogP contribution in [0.1, 0.15) is 20.3 Å². The lowest BCUT2D eigenvalue weighted by atomic mass is 9.82. The van der Waals surface area contributed by atoms with E-state index in [1.165, 1.54) is 20.9 Å². The van der Waals surface area contributed by atoms with Crippen LogP contribution in [-0.4, -0.2) is 147 Å². The quantitative estimate of drug-likeness (QED) is 0.147. The molecule has 15 nitrogen and oxygen atoms in total. The first kappa shape index (κ1) is 29.9. The Morgan fingerprint density at radius 3 is 2.00 bits per heavy atom. The standard InChI is InChI=1S/C21H42N4O11/c1-6(27)15-12(29)11(28)10(24)19(34-15)35-16-7(22)4-8(23)17(13(16)30)36-20-14(31)18(25-3)21(2,32)9(5-26)33-20/h6-20,25-32H,4-5,22-24H2,1-3H3/t6-,7+,8-,9+,10-,11-,12+,13+,14-,15-,16-,17+,18-,19-,20-,21+/m1/s1. The Balaban J connectivity index is 1.77. The summed E-state index contributed by atoms with van der Waals surface area (Å²) in [5.41, 5.74) is 16.7. The number of aliphatic hydroxyl groups excluding tert-OH is 6. The summed E-state index contributed by atoms with van der Waals surface area (Å²) in [7, 11) is 1.52. The predicted octanol–water partition coefficient (Wildman–Crippen LogP) is -6.25. The van der Waals surface area contributed by atoms with Crippen molar-refractivity contribution >= 4 is 0 Å². The summed E-state index contributed by atoms with van der Waals surface area (Å²) in [5, 5.41) is 75.5. The number of nitrogens with two attached hydrogens (primary N) is 3. The Morgan fingerprint density at radius 2 is 1.50 bits per heavy atom. The molecule has 0 radical (unpaired) electrons. The fourth-order valence-corrected chi connectivity index (χ4v) is 5.27. The maximum atomic E-state index is 11.1. The molecule has 2 heterocycles. The van der Waals surface area contributed by atoms with E-state index < -0.39 is 104 Å². The van der Waals surface area contributed by atoms with Crippen LogP contribution in [0.4, 0.5) is 0 Å². The molecule has 1 saturated carbocycles. The molecule has 0 aromatic heterocycles. The molecule has 0 spiro atoms. The molecule has 2 saturated heterocycles. The van der Waals surface area contributed by atoms with Crippen LogP contribution in [0.5, 0.6) is 0 Å². The van der Waals surface area contributed by atoms with Crippen molar-refractivity contribution in [2.24, 2.45) is 17.2 Å². The van der Waals surface area contributed by atoms with Crippen LogP contribution < -0.4 is 22.5 Å². The van der Waals surface area contributed by atoms with E-state index in [9.17, 15) is 35.7 Å². The molecule has 3 fully saturated rings. The summed E-state index contributed by atoms with van der Waals surface area (Å²) in [6.45, 7) is 2.20. The monoisotopic (exact) mass is 526 g/mol. The molecular weight excluding hydrogens is 484 g/mol. The van der Waals surface area contributed by atoms with Gasteiger partial charge in [0.1, 0.15) is 54.4 Å². The van der Waals surface area contributed by atoms with Crippen LogP contribution in [-0.2, 0) is 18.9 Å². The number of aliphatic hydroxyl groups is 7. The smallest absolute Gasteiger partial charge is 0.186 e. The summed E-state index contributed by atoms with van der Waals surface area (Å²) in [4.78, 5) is 0. The van der Waals surface area contributed by atoms with Crippen molar-refractivity contribution in [3.8, 4) is 0 Å². The van der Waals surface area contributed by atoms with Gasteiger partial charge in [-0.3, -0.25) is 0 Å². The summed E-state index contributed by atoms with van der Waals surface area (Å²) >= 11 is 0. The summed E-state index contributed by atoms with van der Waals surface area (Å²) in [6, 6.07) is -3.80. The van der Waals surface area contributed by atoms with Crippen LogP contribution in [0.3, 0.4) is 0 Å². The molecule has 2 aliphatic heterocycles. The minimum Gasteiger partial charge on any atom is -0.394 e. The van der Waals surface area contributed by atoms with Crippen molar-refractivity contribution in [1.29, 1.82) is 0 Å². The van der Waals surface area contributed by atoms with Crippen LogP contribution in [0, 0.1) is 0 Å². The van der Waals surface area contributed by atoms with Crippen molar-refractivity contribution in [3.05, 3.63) is 0 Å². The van der Waals surface area contributed by atoms with Gasteiger partial charge in [-0.1, -0.05) is 0 Å². The maximum Gasteiger partial charge on any atom is 0.186 e. The minimum atomic E-state index is -1.63. The molecule has 16 atom stereocenters. The van der Waals surface area contributed by atoms with Crippen LogP contribution in [0.25, 0.3) is 0 Å². The Kier molecular flexibility index (Phi) is 9.69. The van der Waals surface area contributed by atoms with Gasteiger partial charge in [-0.25, -0.2) is 0 Å². The van der Waals surface area contributed by atoms with E-state index in [0.717, 1.165) is 0 Å². The molecule has 0 amide bonds. The summed E-state index contributed by atoms with van der Waals surface area (Å²) in [5.74, 6) is 0.